The fraction of sp³-hybridized carbons (Fsp3) is 0.818. The van der Waals surface area contributed by atoms with Crippen molar-refractivity contribution in [2.24, 2.45) is 0 Å². The number of rotatable bonds is 5. The molecule has 2 amide bonds. The normalized spacial score (nSPS) is 18.6. The summed E-state index contributed by atoms with van der Waals surface area (Å²) in [5.41, 5.74) is 0. The zero-order chi connectivity index (χ0) is 14.5. The minimum absolute atomic E-state index is 0.0430. The van der Waals surface area contributed by atoms with Crippen molar-refractivity contribution in [2.75, 3.05) is 12.0 Å². The number of carbonyl (C=O) groups excluding carboxylic acids is 1. The fourth-order valence-electron chi connectivity index (χ4n) is 2.11. The van der Waals surface area contributed by atoms with Crippen molar-refractivity contribution in [1.29, 1.82) is 0 Å². The van der Waals surface area contributed by atoms with E-state index in [1.54, 1.807) is 0 Å². The summed E-state index contributed by atoms with van der Waals surface area (Å²) >= 11 is 0. The monoisotopic (exact) mass is 292 g/mol. The number of carboxylic acids is 1. The Bertz CT molecular complexity index is 428. The second kappa shape index (κ2) is 6.74. The first-order chi connectivity index (χ1) is 8.78. The predicted molar refractivity (Wildman–Crippen MR) is 69.7 cm³/mol. The van der Waals surface area contributed by atoms with E-state index in [4.69, 9.17) is 5.11 Å². The van der Waals surface area contributed by atoms with Crippen LogP contribution in [-0.2, 0) is 14.6 Å². The van der Waals surface area contributed by atoms with Crippen molar-refractivity contribution in [1.82, 2.24) is 10.6 Å². The minimum Gasteiger partial charge on any atom is -0.480 e. The summed E-state index contributed by atoms with van der Waals surface area (Å²) in [6.45, 7) is 0. The van der Waals surface area contributed by atoms with Gasteiger partial charge < -0.3 is 15.7 Å². The molecule has 3 N–H and O–H groups in total. The lowest BCUT2D eigenvalue weighted by atomic mass is 9.96. The smallest absolute Gasteiger partial charge is 0.327 e. The van der Waals surface area contributed by atoms with Gasteiger partial charge in [-0.1, -0.05) is 19.3 Å². The molecule has 0 aliphatic heterocycles. The molecule has 0 aromatic rings. The van der Waals surface area contributed by atoms with Crippen molar-refractivity contribution in [3.63, 3.8) is 0 Å². The Labute approximate surface area is 112 Å². The summed E-state index contributed by atoms with van der Waals surface area (Å²) in [6, 6.07) is -2.00. The highest BCUT2D eigenvalue weighted by Crippen LogP contribution is 2.17. The molecule has 0 heterocycles. The van der Waals surface area contributed by atoms with Crippen molar-refractivity contribution in [3.05, 3.63) is 0 Å². The summed E-state index contributed by atoms with van der Waals surface area (Å²) < 4.78 is 22.2. The van der Waals surface area contributed by atoms with E-state index in [1.165, 1.54) is 0 Å². The zero-order valence-corrected chi connectivity index (χ0v) is 11.7. The SMILES string of the molecule is CS(=O)(=O)CC(NC(=O)NC1CCCCC1)C(=O)O. The maximum Gasteiger partial charge on any atom is 0.327 e. The van der Waals surface area contributed by atoms with Gasteiger partial charge in [0, 0.05) is 12.3 Å². The number of nitrogens with one attached hydrogen (secondary N) is 2. The molecule has 1 aliphatic carbocycles. The van der Waals surface area contributed by atoms with Crippen LogP contribution in [0.5, 0.6) is 0 Å². The Balaban J connectivity index is 2.49. The minimum atomic E-state index is -3.47. The topological polar surface area (TPSA) is 113 Å². The average molecular weight is 292 g/mol. The third kappa shape index (κ3) is 6.42. The van der Waals surface area contributed by atoms with E-state index >= 15 is 0 Å². The van der Waals surface area contributed by atoms with Crippen LogP contribution in [-0.4, -0.2) is 49.6 Å². The number of hydrogen-bond acceptors (Lipinski definition) is 4. The first-order valence-corrected chi connectivity index (χ1v) is 8.31. The van der Waals surface area contributed by atoms with E-state index in [2.05, 4.69) is 10.6 Å². The first-order valence-electron chi connectivity index (χ1n) is 6.25. The van der Waals surface area contributed by atoms with Gasteiger partial charge in [0.2, 0.25) is 0 Å². The number of amides is 2. The highest BCUT2D eigenvalue weighted by atomic mass is 32.2. The lowest BCUT2D eigenvalue weighted by Gasteiger charge is -2.24. The van der Waals surface area contributed by atoms with Gasteiger partial charge in [-0.05, 0) is 12.8 Å². The molecule has 1 atom stereocenters. The van der Waals surface area contributed by atoms with Gasteiger partial charge in [-0.25, -0.2) is 18.0 Å². The first kappa shape index (κ1) is 15.7. The Morgan fingerprint density at radius 3 is 2.32 bits per heavy atom. The Kier molecular flexibility index (Phi) is 5.59. The second-order valence-corrected chi connectivity index (χ2v) is 7.12. The highest BCUT2D eigenvalue weighted by Gasteiger charge is 2.25. The van der Waals surface area contributed by atoms with E-state index < -0.39 is 33.6 Å². The van der Waals surface area contributed by atoms with Crippen molar-refractivity contribution < 1.29 is 23.1 Å². The summed E-state index contributed by atoms with van der Waals surface area (Å²) in [4.78, 5) is 22.5. The number of carboxylic acid groups (broad SMARTS) is 1. The van der Waals surface area contributed by atoms with E-state index in [-0.39, 0.29) is 6.04 Å². The standard InChI is InChI=1S/C11H20N2O5S/c1-19(17,18)7-9(10(14)15)13-11(16)12-8-5-3-2-4-6-8/h8-9H,2-7H2,1H3,(H,14,15)(H2,12,13,16). The largest absolute Gasteiger partial charge is 0.480 e. The molecular formula is C11H20N2O5S. The van der Waals surface area contributed by atoms with Crippen LogP contribution in [0.1, 0.15) is 32.1 Å². The van der Waals surface area contributed by atoms with Crippen LogP contribution in [0.4, 0.5) is 4.79 Å². The van der Waals surface area contributed by atoms with Crippen molar-refractivity contribution in [2.45, 2.75) is 44.2 Å². The molecule has 1 aliphatic rings. The maximum atomic E-state index is 11.6. The highest BCUT2D eigenvalue weighted by molar-refractivity contribution is 7.90. The molecule has 0 radical (unpaired) electrons. The van der Waals surface area contributed by atoms with E-state index in [1.807, 2.05) is 0 Å². The molecule has 8 heteroatoms. The van der Waals surface area contributed by atoms with Gasteiger partial charge in [0.05, 0.1) is 5.75 Å². The van der Waals surface area contributed by atoms with Gasteiger partial charge in [-0.15, -0.1) is 0 Å². The van der Waals surface area contributed by atoms with Crippen molar-refractivity contribution >= 4 is 21.8 Å². The lowest BCUT2D eigenvalue weighted by molar-refractivity contribution is -0.138. The lowest BCUT2D eigenvalue weighted by Crippen LogP contribution is -2.51. The fourth-order valence-corrected chi connectivity index (χ4v) is 2.94. The summed E-state index contributed by atoms with van der Waals surface area (Å²) in [7, 11) is -3.47. The number of sulfone groups is 1. The molecule has 110 valence electrons. The molecule has 0 aromatic heterocycles. The number of hydrogen-bond donors (Lipinski definition) is 3. The Hall–Kier alpha value is -1.31. The van der Waals surface area contributed by atoms with Crippen molar-refractivity contribution in [3.8, 4) is 0 Å². The van der Waals surface area contributed by atoms with Gasteiger partial charge in [0.1, 0.15) is 15.9 Å². The Morgan fingerprint density at radius 1 is 1.26 bits per heavy atom. The molecule has 0 aromatic carbocycles. The third-order valence-corrected chi connectivity index (χ3v) is 3.95. The van der Waals surface area contributed by atoms with Gasteiger partial charge in [-0.3, -0.25) is 0 Å². The van der Waals surface area contributed by atoms with Gasteiger partial charge in [0.25, 0.3) is 0 Å². The van der Waals surface area contributed by atoms with Crippen LogP contribution < -0.4 is 10.6 Å². The van der Waals surface area contributed by atoms with E-state index in [0.717, 1.165) is 38.4 Å². The Morgan fingerprint density at radius 2 is 1.84 bits per heavy atom. The molecule has 0 bridgehead atoms. The third-order valence-electron chi connectivity index (χ3n) is 3.01. The van der Waals surface area contributed by atoms with Gasteiger partial charge in [0.15, 0.2) is 0 Å². The summed E-state index contributed by atoms with van der Waals surface area (Å²) in [5.74, 6) is -1.97. The number of carbonyl (C=O) groups is 2. The molecule has 0 spiro atoms. The summed E-state index contributed by atoms with van der Waals surface area (Å²) in [5, 5.41) is 13.8. The van der Waals surface area contributed by atoms with Gasteiger partial charge in [-0.2, -0.15) is 0 Å². The molecule has 0 saturated heterocycles. The average Bonchev–Trinajstić information content (AvgIpc) is 2.27. The predicted octanol–water partition coefficient (Wildman–Crippen LogP) is 0.116. The second-order valence-electron chi connectivity index (χ2n) is 4.94. The van der Waals surface area contributed by atoms with E-state index in [0.29, 0.717) is 0 Å². The van der Waals surface area contributed by atoms with Crippen LogP contribution in [0.15, 0.2) is 0 Å². The number of aliphatic carboxylic acids is 1. The molecule has 1 fully saturated rings. The van der Waals surface area contributed by atoms with Crippen LogP contribution >= 0.6 is 0 Å². The van der Waals surface area contributed by atoms with Crippen LogP contribution in [0.25, 0.3) is 0 Å². The maximum absolute atomic E-state index is 11.6. The zero-order valence-electron chi connectivity index (χ0n) is 10.9. The molecular weight excluding hydrogens is 272 g/mol. The molecule has 1 unspecified atom stereocenters. The van der Waals surface area contributed by atoms with Crippen LogP contribution in [0, 0.1) is 0 Å². The summed E-state index contributed by atoms with van der Waals surface area (Å²) in [6.07, 6.45) is 5.90. The van der Waals surface area contributed by atoms with E-state index in [9.17, 15) is 18.0 Å². The molecule has 19 heavy (non-hydrogen) atoms. The quantitative estimate of drug-likeness (QED) is 0.666. The number of urea groups is 1. The van der Waals surface area contributed by atoms with Crippen LogP contribution in [0.3, 0.4) is 0 Å². The molecule has 1 saturated carbocycles. The van der Waals surface area contributed by atoms with Crippen LogP contribution in [0.2, 0.25) is 0 Å². The molecule has 1 rings (SSSR count). The van der Waals surface area contributed by atoms with Gasteiger partial charge >= 0.3 is 12.0 Å². The molecule has 7 nitrogen and oxygen atoms in total.